The van der Waals surface area contributed by atoms with E-state index in [1.165, 1.54) is 9.80 Å². The number of halogens is 1. The van der Waals surface area contributed by atoms with Crippen molar-refractivity contribution in [2.45, 2.75) is 25.6 Å². The lowest BCUT2D eigenvalue weighted by atomic mass is 10.00. The third-order valence-corrected chi connectivity index (χ3v) is 6.93. The van der Waals surface area contributed by atoms with Gasteiger partial charge in [0.15, 0.2) is 0 Å². The molecule has 1 heterocycles. The smallest absolute Gasteiger partial charge is 0.246 e. The maximum Gasteiger partial charge on any atom is 0.246 e. The van der Waals surface area contributed by atoms with E-state index < -0.39 is 11.9 Å². The fourth-order valence-electron chi connectivity index (χ4n) is 4.43. The molecule has 1 unspecified atom stereocenters. The van der Waals surface area contributed by atoms with Crippen molar-refractivity contribution >= 4 is 35.2 Å². The lowest BCUT2D eigenvalue weighted by Gasteiger charge is -2.40. The Morgan fingerprint density at radius 3 is 2.44 bits per heavy atom. The Hall–Kier alpha value is -4.37. The second-order valence-corrected chi connectivity index (χ2v) is 9.67. The van der Waals surface area contributed by atoms with Crippen LogP contribution in [0.3, 0.4) is 0 Å². The van der Waals surface area contributed by atoms with Crippen LogP contribution in [0.4, 0.5) is 0 Å². The normalized spacial score (nSPS) is 15.3. The first-order valence-electron chi connectivity index (χ1n) is 12.4. The van der Waals surface area contributed by atoms with Gasteiger partial charge in [0, 0.05) is 30.1 Å². The summed E-state index contributed by atoms with van der Waals surface area (Å²) in [5, 5.41) is 10.7. The first-order chi connectivity index (χ1) is 18.7. The molecule has 0 radical (unpaired) electrons. The molecule has 0 bridgehead atoms. The molecular weight excluding hydrogens is 518 g/mol. The molecule has 1 fully saturated rings. The SMILES string of the molecule is COc1ccc(CC2C(=O)N(Cc3ccccc3)CC(=O)N2CC(=O)NCc2ccc(C(=N)N)cc2Cl)cc1. The average molecular weight is 548 g/mol. The number of amides is 3. The second kappa shape index (κ2) is 12.4. The average Bonchev–Trinajstić information content (AvgIpc) is 2.93. The number of nitrogens with one attached hydrogen (secondary N) is 2. The number of carbonyl (C=O) groups is 3. The van der Waals surface area contributed by atoms with Crippen LogP contribution in [0.15, 0.2) is 72.8 Å². The molecule has 202 valence electrons. The number of methoxy groups -OCH3 is 1. The van der Waals surface area contributed by atoms with Crippen molar-refractivity contribution in [1.82, 2.24) is 15.1 Å². The maximum atomic E-state index is 13.6. The minimum absolute atomic E-state index is 0.107. The fraction of sp³-hybridized carbons (Fsp3) is 0.241. The van der Waals surface area contributed by atoms with Crippen LogP contribution < -0.4 is 15.8 Å². The molecule has 0 saturated carbocycles. The number of hydrogen-bond acceptors (Lipinski definition) is 5. The van der Waals surface area contributed by atoms with Gasteiger partial charge in [0.05, 0.1) is 7.11 Å². The molecule has 1 aliphatic heterocycles. The standard InChI is InChI=1S/C29H30ClN5O4/c1-39-23-11-7-19(8-12-23)13-25-29(38)34(16-20-5-3-2-4-6-20)18-27(37)35(25)17-26(36)33-15-22-10-9-21(28(31)32)14-24(22)30/h2-12,14,25H,13,15-18H2,1H3,(H3,31,32)(H,33,36). The predicted octanol–water partition coefficient (Wildman–Crippen LogP) is 2.73. The molecular formula is C29H30ClN5O4. The van der Waals surface area contributed by atoms with Gasteiger partial charge in [-0.1, -0.05) is 66.2 Å². The molecule has 39 heavy (non-hydrogen) atoms. The third kappa shape index (κ3) is 6.94. The first kappa shape index (κ1) is 27.7. The zero-order valence-electron chi connectivity index (χ0n) is 21.5. The van der Waals surface area contributed by atoms with E-state index in [0.29, 0.717) is 28.4 Å². The number of carbonyl (C=O) groups excluding carboxylic acids is 3. The topological polar surface area (TPSA) is 129 Å². The number of ether oxygens (including phenoxy) is 1. The van der Waals surface area contributed by atoms with Crippen LogP contribution in [0.1, 0.15) is 22.3 Å². The van der Waals surface area contributed by atoms with Gasteiger partial charge in [-0.15, -0.1) is 0 Å². The Balaban J connectivity index is 1.49. The van der Waals surface area contributed by atoms with Gasteiger partial charge in [-0.25, -0.2) is 0 Å². The summed E-state index contributed by atoms with van der Waals surface area (Å²) in [6.07, 6.45) is 0.255. The Labute approximate surface area is 232 Å². The van der Waals surface area contributed by atoms with Crippen LogP contribution in [0.5, 0.6) is 5.75 Å². The Morgan fingerprint density at radius 1 is 1.08 bits per heavy atom. The molecule has 1 aliphatic rings. The molecule has 4 rings (SSSR count). The van der Waals surface area contributed by atoms with E-state index in [4.69, 9.17) is 27.5 Å². The largest absolute Gasteiger partial charge is 0.497 e. The van der Waals surface area contributed by atoms with Crippen LogP contribution in [0.2, 0.25) is 5.02 Å². The summed E-state index contributed by atoms with van der Waals surface area (Å²) in [5.74, 6) is -0.362. The maximum absolute atomic E-state index is 13.6. The van der Waals surface area contributed by atoms with Crippen LogP contribution in [-0.4, -0.2) is 59.6 Å². The molecule has 0 spiro atoms. The van der Waals surface area contributed by atoms with Crippen LogP contribution in [0, 0.1) is 5.41 Å². The van der Waals surface area contributed by atoms with Crippen LogP contribution in [0.25, 0.3) is 0 Å². The molecule has 3 amide bonds. The second-order valence-electron chi connectivity index (χ2n) is 9.27. The van der Waals surface area contributed by atoms with E-state index in [-0.39, 0.29) is 43.7 Å². The van der Waals surface area contributed by atoms with Crippen molar-refractivity contribution in [2.75, 3.05) is 20.2 Å². The molecule has 1 saturated heterocycles. The third-order valence-electron chi connectivity index (χ3n) is 6.58. The van der Waals surface area contributed by atoms with Crippen molar-refractivity contribution in [3.63, 3.8) is 0 Å². The van der Waals surface area contributed by atoms with Crippen molar-refractivity contribution in [3.05, 3.63) is 100 Å². The number of benzene rings is 3. The van der Waals surface area contributed by atoms with Gasteiger partial charge in [-0.2, -0.15) is 0 Å². The number of nitrogens with zero attached hydrogens (tertiary/aromatic N) is 2. The summed E-state index contributed by atoms with van der Waals surface area (Å²) in [7, 11) is 1.57. The van der Waals surface area contributed by atoms with Gasteiger partial charge in [0.1, 0.15) is 30.7 Å². The van der Waals surface area contributed by atoms with Gasteiger partial charge in [-0.05, 0) is 34.9 Å². The minimum Gasteiger partial charge on any atom is -0.497 e. The summed E-state index contributed by atoms with van der Waals surface area (Å²) in [4.78, 5) is 42.7. The van der Waals surface area contributed by atoms with Crippen molar-refractivity contribution in [3.8, 4) is 5.75 Å². The van der Waals surface area contributed by atoms with Gasteiger partial charge in [-0.3, -0.25) is 19.8 Å². The zero-order valence-corrected chi connectivity index (χ0v) is 22.3. The number of amidine groups is 1. The van der Waals surface area contributed by atoms with E-state index in [2.05, 4.69) is 5.32 Å². The van der Waals surface area contributed by atoms with Crippen LogP contribution in [-0.2, 0) is 33.9 Å². The first-order valence-corrected chi connectivity index (χ1v) is 12.8. The highest BCUT2D eigenvalue weighted by Gasteiger charge is 2.40. The van der Waals surface area contributed by atoms with E-state index in [1.54, 1.807) is 37.4 Å². The highest BCUT2D eigenvalue weighted by molar-refractivity contribution is 6.31. The van der Waals surface area contributed by atoms with E-state index >= 15 is 0 Å². The van der Waals surface area contributed by atoms with Gasteiger partial charge in [0.25, 0.3) is 0 Å². The summed E-state index contributed by atoms with van der Waals surface area (Å²) < 4.78 is 5.23. The summed E-state index contributed by atoms with van der Waals surface area (Å²) >= 11 is 6.28. The van der Waals surface area contributed by atoms with Gasteiger partial charge < -0.3 is 25.6 Å². The summed E-state index contributed by atoms with van der Waals surface area (Å²) in [6.45, 7) is 0.0423. The molecule has 9 nitrogen and oxygen atoms in total. The van der Waals surface area contributed by atoms with E-state index in [0.717, 1.165) is 11.1 Å². The number of nitrogens with two attached hydrogens (primary N) is 1. The Morgan fingerprint density at radius 2 is 1.79 bits per heavy atom. The molecule has 0 aromatic heterocycles. The number of hydrogen-bond donors (Lipinski definition) is 3. The van der Waals surface area contributed by atoms with Crippen LogP contribution >= 0.6 is 11.6 Å². The quantitative estimate of drug-likeness (QED) is 0.265. The molecule has 3 aromatic rings. The zero-order chi connectivity index (χ0) is 27.9. The predicted molar refractivity (Wildman–Crippen MR) is 148 cm³/mol. The van der Waals surface area contributed by atoms with Crippen molar-refractivity contribution in [2.24, 2.45) is 5.73 Å². The summed E-state index contributed by atoms with van der Waals surface area (Å²) in [6, 6.07) is 20.8. The van der Waals surface area contributed by atoms with Gasteiger partial charge in [0.2, 0.25) is 17.7 Å². The monoisotopic (exact) mass is 547 g/mol. The Kier molecular flexibility index (Phi) is 8.83. The molecule has 0 aliphatic carbocycles. The Bertz CT molecular complexity index is 1360. The number of nitrogen functional groups attached to an aromatic ring is 1. The minimum atomic E-state index is -0.840. The van der Waals surface area contributed by atoms with E-state index in [1.807, 2.05) is 42.5 Å². The molecule has 3 aromatic carbocycles. The number of piperazine rings is 1. The molecule has 1 atom stereocenters. The molecule has 10 heteroatoms. The van der Waals surface area contributed by atoms with E-state index in [9.17, 15) is 14.4 Å². The van der Waals surface area contributed by atoms with Crippen molar-refractivity contribution in [1.29, 1.82) is 5.41 Å². The summed E-state index contributed by atoms with van der Waals surface area (Å²) in [5.41, 5.74) is 8.37. The van der Waals surface area contributed by atoms with Crippen molar-refractivity contribution < 1.29 is 19.1 Å². The highest BCUT2D eigenvalue weighted by Crippen LogP contribution is 2.22. The highest BCUT2D eigenvalue weighted by atomic mass is 35.5. The number of rotatable bonds is 10. The lowest BCUT2D eigenvalue weighted by molar-refractivity contribution is -0.157. The lowest BCUT2D eigenvalue weighted by Crippen LogP contribution is -2.61. The fourth-order valence-corrected chi connectivity index (χ4v) is 4.68. The molecule has 4 N–H and O–H groups in total. The van der Waals surface area contributed by atoms with Gasteiger partial charge >= 0.3 is 0 Å².